The fraction of sp³-hybridized carbons (Fsp3) is 0.400. The maximum atomic E-state index is 12.1. The zero-order chi connectivity index (χ0) is 15.9. The van der Waals surface area contributed by atoms with E-state index < -0.39 is 6.10 Å². The van der Waals surface area contributed by atoms with Crippen LogP contribution in [0.1, 0.15) is 25.8 Å². The SMILES string of the molecule is CCCSc1nnc(NC(=O)[C@@H](C)Oc2ccccc2C)s1. The number of rotatable bonds is 7. The fourth-order valence-corrected chi connectivity index (χ4v) is 3.33. The van der Waals surface area contributed by atoms with Gasteiger partial charge in [-0.1, -0.05) is 48.2 Å². The lowest BCUT2D eigenvalue weighted by atomic mass is 10.2. The highest BCUT2D eigenvalue weighted by Crippen LogP contribution is 2.26. The van der Waals surface area contributed by atoms with Crippen molar-refractivity contribution in [2.45, 2.75) is 37.6 Å². The molecule has 1 aromatic heterocycles. The Morgan fingerprint density at radius 3 is 2.91 bits per heavy atom. The van der Waals surface area contributed by atoms with Gasteiger partial charge in [-0.15, -0.1) is 10.2 Å². The van der Waals surface area contributed by atoms with Gasteiger partial charge < -0.3 is 4.74 Å². The van der Waals surface area contributed by atoms with E-state index in [1.807, 2.05) is 31.2 Å². The number of carbonyl (C=O) groups is 1. The van der Waals surface area contributed by atoms with Crippen molar-refractivity contribution in [1.29, 1.82) is 0 Å². The first-order chi connectivity index (χ1) is 10.6. The van der Waals surface area contributed by atoms with Crippen LogP contribution < -0.4 is 10.1 Å². The van der Waals surface area contributed by atoms with Crippen LogP contribution in [0.4, 0.5) is 5.13 Å². The van der Waals surface area contributed by atoms with Crippen LogP contribution in [0.15, 0.2) is 28.6 Å². The number of carbonyl (C=O) groups excluding carboxylic acids is 1. The van der Waals surface area contributed by atoms with Crippen LogP contribution in [0.3, 0.4) is 0 Å². The highest BCUT2D eigenvalue weighted by Gasteiger charge is 2.17. The lowest BCUT2D eigenvalue weighted by Crippen LogP contribution is -2.30. The van der Waals surface area contributed by atoms with Gasteiger partial charge in [0.05, 0.1) is 0 Å². The van der Waals surface area contributed by atoms with Crippen LogP contribution in [0.2, 0.25) is 0 Å². The summed E-state index contributed by atoms with van der Waals surface area (Å²) in [5.41, 5.74) is 0.997. The summed E-state index contributed by atoms with van der Waals surface area (Å²) in [5, 5.41) is 11.3. The van der Waals surface area contributed by atoms with Crippen LogP contribution in [-0.2, 0) is 4.79 Å². The van der Waals surface area contributed by atoms with Gasteiger partial charge in [-0.2, -0.15) is 0 Å². The van der Waals surface area contributed by atoms with Gasteiger partial charge in [-0.25, -0.2) is 0 Å². The molecule has 1 amide bonds. The van der Waals surface area contributed by atoms with Crippen molar-refractivity contribution in [3.05, 3.63) is 29.8 Å². The van der Waals surface area contributed by atoms with Crippen molar-refractivity contribution in [2.24, 2.45) is 0 Å². The first-order valence-corrected chi connectivity index (χ1v) is 8.89. The van der Waals surface area contributed by atoms with Gasteiger partial charge in [0.15, 0.2) is 10.4 Å². The van der Waals surface area contributed by atoms with E-state index in [0.717, 1.165) is 22.1 Å². The van der Waals surface area contributed by atoms with E-state index in [1.54, 1.807) is 18.7 Å². The average molecular weight is 337 g/mol. The Morgan fingerprint density at radius 2 is 2.18 bits per heavy atom. The van der Waals surface area contributed by atoms with Crippen molar-refractivity contribution >= 4 is 34.1 Å². The largest absolute Gasteiger partial charge is 0.481 e. The second-order valence-corrected chi connectivity index (χ2v) is 7.06. The van der Waals surface area contributed by atoms with Crippen LogP contribution in [-0.4, -0.2) is 28.0 Å². The van der Waals surface area contributed by atoms with Crippen LogP contribution in [0.25, 0.3) is 0 Å². The van der Waals surface area contributed by atoms with Crippen molar-refractivity contribution in [3.63, 3.8) is 0 Å². The molecule has 22 heavy (non-hydrogen) atoms. The van der Waals surface area contributed by atoms with Crippen LogP contribution >= 0.6 is 23.1 Å². The predicted molar refractivity (Wildman–Crippen MR) is 90.8 cm³/mol. The molecule has 0 aliphatic carbocycles. The van der Waals surface area contributed by atoms with E-state index in [0.29, 0.717) is 10.9 Å². The van der Waals surface area contributed by atoms with E-state index >= 15 is 0 Å². The molecule has 118 valence electrons. The summed E-state index contributed by atoms with van der Waals surface area (Å²) in [6.45, 7) is 5.78. The molecule has 1 aromatic carbocycles. The van der Waals surface area contributed by atoms with Gasteiger partial charge in [-0.05, 0) is 31.9 Å². The number of aromatic nitrogens is 2. The second kappa shape index (κ2) is 8.14. The van der Waals surface area contributed by atoms with Gasteiger partial charge in [0.2, 0.25) is 5.13 Å². The number of para-hydroxylation sites is 1. The van der Waals surface area contributed by atoms with Gasteiger partial charge in [0, 0.05) is 5.75 Å². The van der Waals surface area contributed by atoms with Gasteiger partial charge >= 0.3 is 0 Å². The molecule has 0 unspecified atom stereocenters. The molecule has 0 radical (unpaired) electrons. The highest BCUT2D eigenvalue weighted by atomic mass is 32.2. The maximum Gasteiger partial charge on any atom is 0.266 e. The van der Waals surface area contributed by atoms with Gasteiger partial charge in [-0.3, -0.25) is 10.1 Å². The van der Waals surface area contributed by atoms with Crippen molar-refractivity contribution < 1.29 is 9.53 Å². The Kier molecular flexibility index (Phi) is 6.21. The highest BCUT2D eigenvalue weighted by molar-refractivity contribution is 8.01. The van der Waals surface area contributed by atoms with Crippen molar-refractivity contribution in [3.8, 4) is 5.75 Å². The molecule has 0 spiro atoms. The number of amides is 1. The Hall–Kier alpha value is -1.60. The summed E-state index contributed by atoms with van der Waals surface area (Å²) in [4.78, 5) is 12.1. The van der Waals surface area contributed by atoms with Crippen molar-refractivity contribution in [2.75, 3.05) is 11.1 Å². The van der Waals surface area contributed by atoms with Crippen LogP contribution in [0, 0.1) is 6.92 Å². The molecule has 2 rings (SSSR count). The number of nitrogens with zero attached hydrogens (tertiary/aromatic N) is 2. The second-order valence-electron chi connectivity index (χ2n) is 4.74. The number of aryl methyl sites for hydroxylation is 1. The number of anilines is 1. The molecular weight excluding hydrogens is 318 g/mol. The molecule has 2 aromatic rings. The summed E-state index contributed by atoms with van der Waals surface area (Å²) >= 11 is 3.02. The molecule has 1 N–H and O–H groups in total. The molecule has 1 atom stereocenters. The first-order valence-electron chi connectivity index (χ1n) is 7.09. The standard InChI is InChI=1S/C15H19N3O2S2/c1-4-9-21-15-18-17-14(22-15)16-13(19)11(3)20-12-8-6-5-7-10(12)2/h5-8,11H,4,9H2,1-3H3,(H,16,17,19)/t11-/m1/s1. The number of nitrogens with one attached hydrogen (secondary N) is 1. The minimum atomic E-state index is -0.600. The maximum absolute atomic E-state index is 12.1. The summed E-state index contributed by atoms with van der Waals surface area (Å²) in [5.74, 6) is 1.48. The Balaban J connectivity index is 1.91. The van der Waals surface area contributed by atoms with Crippen LogP contribution in [0.5, 0.6) is 5.75 Å². The van der Waals surface area contributed by atoms with Gasteiger partial charge in [0.25, 0.3) is 5.91 Å². The molecule has 0 aliphatic rings. The molecule has 0 aliphatic heterocycles. The zero-order valence-corrected chi connectivity index (χ0v) is 14.5. The predicted octanol–water partition coefficient (Wildman–Crippen LogP) is 3.75. The zero-order valence-electron chi connectivity index (χ0n) is 12.8. The topological polar surface area (TPSA) is 64.1 Å². The molecule has 0 bridgehead atoms. The monoisotopic (exact) mass is 337 g/mol. The molecule has 0 saturated carbocycles. The smallest absolute Gasteiger partial charge is 0.266 e. The molecular formula is C15H19N3O2S2. The number of thioether (sulfide) groups is 1. The minimum Gasteiger partial charge on any atom is -0.481 e. The summed E-state index contributed by atoms with van der Waals surface area (Å²) in [7, 11) is 0. The van der Waals surface area contributed by atoms with E-state index in [9.17, 15) is 4.79 Å². The van der Waals surface area contributed by atoms with E-state index in [2.05, 4.69) is 22.4 Å². The average Bonchev–Trinajstić information content (AvgIpc) is 2.94. The first kappa shape index (κ1) is 16.8. The molecule has 7 heteroatoms. The summed E-state index contributed by atoms with van der Waals surface area (Å²) < 4.78 is 6.56. The quantitative estimate of drug-likeness (QED) is 0.616. The lowest BCUT2D eigenvalue weighted by molar-refractivity contribution is -0.122. The molecule has 5 nitrogen and oxygen atoms in total. The number of hydrogen-bond acceptors (Lipinski definition) is 6. The fourth-order valence-electron chi connectivity index (χ4n) is 1.65. The third kappa shape index (κ3) is 4.71. The molecule has 1 heterocycles. The third-order valence-electron chi connectivity index (χ3n) is 2.83. The van der Waals surface area contributed by atoms with E-state index in [4.69, 9.17) is 4.74 Å². The molecule has 0 saturated heterocycles. The number of ether oxygens (including phenoxy) is 1. The molecule has 0 fully saturated rings. The summed E-state index contributed by atoms with van der Waals surface area (Å²) in [6.07, 6.45) is 0.476. The van der Waals surface area contributed by atoms with E-state index in [1.165, 1.54) is 11.3 Å². The normalized spacial score (nSPS) is 12.0. The number of hydrogen-bond donors (Lipinski definition) is 1. The van der Waals surface area contributed by atoms with E-state index in [-0.39, 0.29) is 5.91 Å². The Labute approximate surface area is 138 Å². The number of benzene rings is 1. The third-order valence-corrected chi connectivity index (χ3v) is 5.01. The Bertz CT molecular complexity index is 631. The lowest BCUT2D eigenvalue weighted by Gasteiger charge is -2.15. The Morgan fingerprint density at radius 1 is 1.41 bits per heavy atom. The minimum absolute atomic E-state index is 0.230. The van der Waals surface area contributed by atoms with Gasteiger partial charge in [0.1, 0.15) is 5.75 Å². The summed E-state index contributed by atoms with van der Waals surface area (Å²) in [6, 6.07) is 7.62. The van der Waals surface area contributed by atoms with Crippen molar-refractivity contribution in [1.82, 2.24) is 10.2 Å².